The monoisotopic (exact) mass is 277 g/mol. The minimum absolute atomic E-state index is 0.0378. The number of methoxy groups -OCH3 is 1. The van der Waals surface area contributed by atoms with Crippen molar-refractivity contribution in [1.29, 1.82) is 0 Å². The average Bonchev–Trinajstić information content (AvgIpc) is 2.64. The number of carbonyl (C=O) groups is 1. The van der Waals surface area contributed by atoms with Crippen molar-refractivity contribution in [2.24, 2.45) is 0 Å². The van der Waals surface area contributed by atoms with E-state index >= 15 is 0 Å². The summed E-state index contributed by atoms with van der Waals surface area (Å²) in [5.41, 5.74) is 0.921. The second-order valence-corrected chi connectivity index (χ2v) is 5.41. The van der Waals surface area contributed by atoms with Gasteiger partial charge < -0.3 is 15.2 Å². The molecular weight excluding hydrogens is 254 g/mol. The van der Waals surface area contributed by atoms with Gasteiger partial charge in [0.15, 0.2) is 0 Å². The fourth-order valence-electron chi connectivity index (χ4n) is 2.68. The number of aliphatic hydroxyl groups is 1. The molecule has 1 aromatic rings. The van der Waals surface area contributed by atoms with Gasteiger partial charge in [-0.1, -0.05) is 31.4 Å². The van der Waals surface area contributed by atoms with E-state index in [9.17, 15) is 9.90 Å². The summed E-state index contributed by atoms with van der Waals surface area (Å²) < 4.78 is 5.15. The van der Waals surface area contributed by atoms with Crippen LogP contribution in [0.3, 0.4) is 0 Å². The molecule has 0 heterocycles. The lowest BCUT2D eigenvalue weighted by atomic mass is 10.1. The Morgan fingerprint density at radius 2 is 2.15 bits per heavy atom. The third-order valence-electron chi connectivity index (χ3n) is 3.82. The summed E-state index contributed by atoms with van der Waals surface area (Å²) >= 11 is 0. The van der Waals surface area contributed by atoms with E-state index in [0.29, 0.717) is 6.42 Å². The van der Waals surface area contributed by atoms with Crippen LogP contribution in [0.25, 0.3) is 0 Å². The molecule has 0 saturated heterocycles. The Morgan fingerprint density at radius 3 is 2.95 bits per heavy atom. The number of amides is 1. The summed E-state index contributed by atoms with van der Waals surface area (Å²) in [5.74, 6) is 0.717. The van der Waals surface area contributed by atoms with Crippen LogP contribution in [0.1, 0.15) is 37.7 Å². The van der Waals surface area contributed by atoms with Crippen LogP contribution in [0.4, 0.5) is 0 Å². The van der Waals surface area contributed by atoms with Gasteiger partial charge in [0.25, 0.3) is 0 Å². The molecule has 20 heavy (non-hydrogen) atoms. The minimum atomic E-state index is -0.410. The second kappa shape index (κ2) is 7.29. The third kappa shape index (κ3) is 4.23. The van der Waals surface area contributed by atoms with Gasteiger partial charge in [-0.05, 0) is 30.5 Å². The molecule has 0 bridgehead atoms. The van der Waals surface area contributed by atoms with Gasteiger partial charge >= 0.3 is 0 Å². The van der Waals surface area contributed by atoms with Gasteiger partial charge in [-0.25, -0.2) is 0 Å². The van der Waals surface area contributed by atoms with Crippen LogP contribution < -0.4 is 10.1 Å². The molecule has 1 saturated carbocycles. The maximum absolute atomic E-state index is 12.1. The number of hydrogen-bond donors (Lipinski definition) is 2. The quantitative estimate of drug-likeness (QED) is 0.828. The standard InChI is InChI=1S/C16H23NO3/c1-20-13-7-5-6-12(10-13)11-16(19)17-14-8-3-2-4-9-15(14)18/h5-7,10,14-15,18H,2-4,8-9,11H2,1H3,(H,17,19). The zero-order valence-corrected chi connectivity index (χ0v) is 12.0. The van der Waals surface area contributed by atoms with Crippen molar-refractivity contribution in [2.45, 2.75) is 50.7 Å². The molecule has 0 aromatic heterocycles. The van der Waals surface area contributed by atoms with Gasteiger partial charge in [0, 0.05) is 0 Å². The first kappa shape index (κ1) is 14.9. The van der Waals surface area contributed by atoms with Gasteiger partial charge in [0.05, 0.1) is 25.7 Å². The fourth-order valence-corrected chi connectivity index (χ4v) is 2.68. The maximum atomic E-state index is 12.1. The molecule has 2 unspecified atom stereocenters. The van der Waals surface area contributed by atoms with E-state index in [-0.39, 0.29) is 11.9 Å². The van der Waals surface area contributed by atoms with Crippen LogP contribution in [-0.4, -0.2) is 30.3 Å². The number of nitrogens with one attached hydrogen (secondary N) is 1. The Kier molecular flexibility index (Phi) is 5.41. The van der Waals surface area contributed by atoms with Crippen LogP contribution >= 0.6 is 0 Å². The molecule has 4 nitrogen and oxygen atoms in total. The summed E-state index contributed by atoms with van der Waals surface area (Å²) in [5, 5.41) is 13.0. The lowest BCUT2D eigenvalue weighted by Gasteiger charge is -2.21. The minimum Gasteiger partial charge on any atom is -0.497 e. The van der Waals surface area contributed by atoms with Crippen molar-refractivity contribution in [3.63, 3.8) is 0 Å². The highest BCUT2D eigenvalue weighted by atomic mass is 16.5. The van der Waals surface area contributed by atoms with Gasteiger partial charge in [-0.2, -0.15) is 0 Å². The zero-order chi connectivity index (χ0) is 14.4. The first-order valence-electron chi connectivity index (χ1n) is 7.29. The second-order valence-electron chi connectivity index (χ2n) is 5.41. The fraction of sp³-hybridized carbons (Fsp3) is 0.562. The molecule has 0 aliphatic heterocycles. The lowest BCUT2D eigenvalue weighted by Crippen LogP contribution is -2.43. The molecule has 1 amide bonds. The zero-order valence-electron chi connectivity index (χ0n) is 12.0. The molecule has 1 aromatic carbocycles. The van der Waals surface area contributed by atoms with E-state index in [1.165, 1.54) is 0 Å². The van der Waals surface area contributed by atoms with Gasteiger partial charge in [0.2, 0.25) is 5.91 Å². The molecule has 1 aliphatic rings. The molecule has 2 rings (SSSR count). The molecule has 4 heteroatoms. The number of rotatable bonds is 4. The predicted molar refractivity (Wildman–Crippen MR) is 77.7 cm³/mol. The van der Waals surface area contributed by atoms with E-state index < -0.39 is 6.10 Å². The molecule has 2 atom stereocenters. The van der Waals surface area contributed by atoms with Crippen molar-refractivity contribution in [2.75, 3.05) is 7.11 Å². The first-order chi connectivity index (χ1) is 9.69. The summed E-state index contributed by atoms with van der Waals surface area (Å²) in [6.45, 7) is 0. The molecule has 0 spiro atoms. The van der Waals surface area contributed by atoms with E-state index in [2.05, 4.69) is 5.32 Å². The SMILES string of the molecule is COc1cccc(CC(=O)NC2CCCCCC2O)c1. The van der Waals surface area contributed by atoms with Crippen molar-refractivity contribution in [3.8, 4) is 5.75 Å². The third-order valence-corrected chi connectivity index (χ3v) is 3.82. The van der Waals surface area contributed by atoms with E-state index in [1.54, 1.807) is 7.11 Å². The van der Waals surface area contributed by atoms with Crippen LogP contribution in [-0.2, 0) is 11.2 Å². The van der Waals surface area contributed by atoms with Crippen LogP contribution in [0, 0.1) is 0 Å². The van der Waals surface area contributed by atoms with Crippen LogP contribution in [0.2, 0.25) is 0 Å². The average molecular weight is 277 g/mol. The van der Waals surface area contributed by atoms with Gasteiger partial charge in [0.1, 0.15) is 5.75 Å². The summed E-state index contributed by atoms with van der Waals surface area (Å²) in [6, 6.07) is 7.41. The highest BCUT2D eigenvalue weighted by Gasteiger charge is 2.23. The van der Waals surface area contributed by atoms with E-state index in [0.717, 1.165) is 43.4 Å². The van der Waals surface area contributed by atoms with Crippen molar-refractivity contribution in [3.05, 3.63) is 29.8 Å². The van der Waals surface area contributed by atoms with E-state index in [4.69, 9.17) is 4.74 Å². The Labute approximate surface area is 120 Å². The number of benzene rings is 1. The van der Waals surface area contributed by atoms with Crippen LogP contribution in [0.5, 0.6) is 5.75 Å². The lowest BCUT2D eigenvalue weighted by molar-refractivity contribution is -0.122. The number of hydrogen-bond acceptors (Lipinski definition) is 3. The van der Waals surface area contributed by atoms with Crippen molar-refractivity contribution in [1.82, 2.24) is 5.32 Å². The van der Waals surface area contributed by atoms with Crippen LogP contribution in [0.15, 0.2) is 24.3 Å². The number of ether oxygens (including phenoxy) is 1. The van der Waals surface area contributed by atoms with Crippen molar-refractivity contribution < 1.29 is 14.6 Å². The van der Waals surface area contributed by atoms with Gasteiger partial charge in [-0.3, -0.25) is 4.79 Å². The highest BCUT2D eigenvalue weighted by molar-refractivity contribution is 5.79. The normalized spacial score (nSPS) is 22.9. The Bertz CT molecular complexity index is 447. The predicted octanol–water partition coefficient (Wildman–Crippen LogP) is 2.05. The van der Waals surface area contributed by atoms with Gasteiger partial charge in [-0.15, -0.1) is 0 Å². The molecule has 2 N–H and O–H groups in total. The maximum Gasteiger partial charge on any atom is 0.224 e. The smallest absolute Gasteiger partial charge is 0.224 e. The summed E-state index contributed by atoms with van der Waals surface area (Å²) in [7, 11) is 1.61. The number of aliphatic hydroxyl groups excluding tert-OH is 1. The molecule has 1 fully saturated rings. The largest absolute Gasteiger partial charge is 0.497 e. The Morgan fingerprint density at radius 1 is 1.35 bits per heavy atom. The topological polar surface area (TPSA) is 58.6 Å². The molecule has 0 radical (unpaired) electrons. The van der Waals surface area contributed by atoms with E-state index in [1.807, 2.05) is 24.3 Å². The molecule has 110 valence electrons. The number of carbonyl (C=O) groups excluding carboxylic acids is 1. The first-order valence-corrected chi connectivity index (χ1v) is 7.29. The highest BCUT2D eigenvalue weighted by Crippen LogP contribution is 2.18. The Hall–Kier alpha value is -1.55. The summed E-state index contributed by atoms with van der Waals surface area (Å²) in [4.78, 5) is 12.1. The molecular formula is C16H23NO3. The molecule has 1 aliphatic carbocycles. The van der Waals surface area contributed by atoms with Crippen molar-refractivity contribution >= 4 is 5.91 Å². The Balaban J connectivity index is 1.90. The summed E-state index contributed by atoms with van der Waals surface area (Å²) in [6.07, 6.45) is 4.81.